The van der Waals surface area contributed by atoms with Crippen LogP contribution in [0.1, 0.15) is 26.2 Å². The van der Waals surface area contributed by atoms with Crippen molar-refractivity contribution in [1.29, 1.82) is 0 Å². The van der Waals surface area contributed by atoms with E-state index in [4.69, 9.17) is 9.47 Å². The summed E-state index contributed by atoms with van der Waals surface area (Å²) in [5.74, 6) is 2.30. The number of likely N-dealkylation sites (tertiary alicyclic amines) is 1. The summed E-state index contributed by atoms with van der Waals surface area (Å²) in [6.45, 7) is 5.17. The van der Waals surface area contributed by atoms with E-state index in [1.165, 1.54) is 0 Å². The van der Waals surface area contributed by atoms with Crippen LogP contribution in [0.25, 0.3) is 0 Å². The molecular weight excluding hydrogens is 370 g/mol. The van der Waals surface area contributed by atoms with Gasteiger partial charge in [0.05, 0.1) is 19.8 Å². The van der Waals surface area contributed by atoms with Crippen molar-refractivity contribution >= 4 is 17.6 Å². The number of aliphatic imine (C=N–C) groups is 1. The molecule has 1 aliphatic rings. The molecule has 1 aromatic carbocycles. The maximum absolute atomic E-state index is 12.3. The van der Waals surface area contributed by atoms with Gasteiger partial charge in [0, 0.05) is 46.0 Å². The average Bonchev–Trinajstić information content (AvgIpc) is 3.18. The number of anilines is 1. The van der Waals surface area contributed by atoms with Crippen molar-refractivity contribution in [2.75, 3.05) is 59.8 Å². The highest BCUT2D eigenvalue weighted by atomic mass is 16.5. The van der Waals surface area contributed by atoms with E-state index in [-0.39, 0.29) is 11.9 Å². The Morgan fingerprint density at radius 2 is 2.14 bits per heavy atom. The number of nitrogens with one attached hydrogen (secondary N) is 2. The molecule has 0 aliphatic carbocycles. The van der Waals surface area contributed by atoms with Crippen LogP contribution in [0.3, 0.4) is 0 Å². The van der Waals surface area contributed by atoms with Gasteiger partial charge in [-0.15, -0.1) is 0 Å². The van der Waals surface area contributed by atoms with E-state index < -0.39 is 0 Å². The average molecular weight is 406 g/mol. The minimum atomic E-state index is 0.0266. The lowest BCUT2D eigenvalue weighted by molar-refractivity contribution is -0.133. The molecule has 0 spiro atoms. The molecular formula is C21H35N5O3. The summed E-state index contributed by atoms with van der Waals surface area (Å²) in [6, 6.07) is 5.72. The number of guanidine groups is 1. The second-order valence-electron chi connectivity index (χ2n) is 7.20. The monoisotopic (exact) mass is 405 g/mol. The Bertz CT molecular complexity index is 693. The molecule has 1 aliphatic heterocycles. The van der Waals surface area contributed by atoms with Crippen molar-refractivity contribution in [3.63, 3.8) is 0 Å². The first kappa shape index (κ1) is 22.8. The summed E-state index contributed by atoms with van der Waals surface area (Å²) in [4.78, 5) is 20.6. The number of hydrogen-bond donors (Lipinski definition) is 2. The minimum Gasteiger partial charge on any atom is -0.493 e. The number of nitrogens with zero attached hydrogens (tertiary/aromatic N) is 3. The molecule has 1 fully saturated rings. The minimum absolute atomic E-state index is 0.0266. The SMILES string of the molecule is CCOc1cc(NC(=NC)NCCCN2CCCC2C(=O)N(C)C)ccc1OC. The van der Waals surface area contributed by atoms with E-state index in [0.29, 0.717) is 24.1 Å². The lowest BCUT2D eigenvalue weighted by Crippen LogP contribution is -2.43. The van der Waals surface area contributed by atoms with Gasteiger partial charge >= 0.3 is 0 Å². The standard InChI is InChI=1S/C21H35N5O3/c1-6-29-19-15-16(10-11-18(19)28-5)24-21(22-2)23-12-8-14-26-13-7-9-17(26)20(27)25(3)4/h10-11,15,17H,6-9,12-14H2,1-5H3,(H2,22,23,24). The first-order chi connectivity index (χ1) is 14.0. The van der Waals surface area contributed by atoms with E-state index in [1.807, 2.05) is 39.2 Å². The number of rotatable bonds is 9. The Morgan fingerprint density at radius 1 is 1.34 bits per heavy atom. The topological polar surface area (TPSA) is 78.4 Å². The number of benzene rings is 1. The lowest BCUT2D eigenvalue weighted by Gasteiger charge is -2.26. The first-order valence-electron chi connectivity index (χ1n) is 10.2. The zero-order valence-electron chi connectivity index (χ0n) is 18.3. The highest BCUT2D eigenvalue weighted by Crippen LogP contribution is 2.30. The fourth-order valence-electron chi connectivity index (χ4n) is 3.50. The van der Waals surface area contributed by atoms with Gasteiger partial charge in [0.15, 0.2) is 17.5 Å². The quantitative estimate of drug-likeness (QED) is 0.372. The third-order valence-corrected chi connectivity index (χ3v) is 4.95. The van der Waals surface area contributed by atoms with E-state index in [9.17, 15) is 4.79 Å². The Morgan fingerprint density at radius 3 is 2.79 bits per heavy atom. The normalized spacial score (nSPS) is 17.1. The van der Waals surface area contributed by atoms with Crippen LogP contribution < -0.4 is 20.1 Å². The van der Waals surface area contributed by atoms with Gasteiger partial charge in [0.2, 0.25) is 5.91 Å². The van der Waals surface area contributed by atoms with E-state index in [2.05, 4.69) is 20.5 Å². The van der Waals surface area contributed by atoms with Crippen molar-refractivity contribution in [3.05, 3.63) is 18.2 Å². The number of amides is 1. The van der Waals surface area contributed by atoms with Crippen molar-refractivity contribution in [2.24, 2.45) is 4.99 Å². The van der Waals surface area contributed by atoms with E-state index >= 15 is 0 Å². The molecule has 29 heavy (non-hydrogen) atoms. The van der Waals surface area contributed by atoms with E-state index in [1.54, 1.807) is 19.1 Å². The van der Waals surface area contributed by atoms with Crippen molar-refractivity contribution in [1.82, 2.24) is 15.1 Å². The third kappa shape index (κ3) is 6.52. The number of carbonyl (C=O) groups excluding carboxylic acids is 1. The van der Waals surface area contributed by atoms with Crippen molar-refractivity contribution in [2.45, 2.75) is 32.2 Å². The maximum atomic E-state index is 12.3. The van der Waals surface area contributed by atoms with Gasteiger partial charge in [0.1, 0.15) is 0 Å². The number of ether oxygens (including phenoxy) is 2. The van der Waals surface area contributed by atoms with Crippen LogP contribution in [0.5, 0.6) is 11.5 Å². The molecule has 2 rings (SSSR count). The molecule has 2 N–H and O–H groups in total. The maximum Gasteiger partial charge on any atom is 0.239 e. The van der Waals surface area contributed by atoms with Crippen LogP contribution in [0.2, 0.25) is 0 Å². The molecule has 1 heterocycles. The summed E-state index contributed by atoms with van der Waals surface area (Å²) in [5, 5.41) is 6.61. The largest absolute Gasteiger partial charge is 0.493 e. The summed E-state index contributed by atoms with van der Waals surface area (Å²) < 4.78 is 10.9. The molecule has 1 unspecified atom stereocenters. The Labute approximate surface area is 174 Å². The van der Waals surface area contributed by atoms with Crippen LogP contribution in [-0.2, 0) is 4.79 Å². The highest BCUT2D eigenvalue weighted by Gasteiger charge is 2.30. The fourth-order valence-corrected chi connectivity index (χ4v) is 3.50. The van der Waals surface area contributed by atoms with Crippen LogP contribution >= 0.6 is 0 Å². The van der Waals surface area contributed by atoms with Crippen LogP contribution in [0, 0.1) is 0 Å². The number of hydrogen-bond acceptors (Lipinski definition) is 5. The predicted molar refractivity (Wildman–Crippen MR) is 117 cm³/mol. The molecule has 0 bridgehead atoms. The number of methoxy groups -OCH3 is 1. The fraction of sp³-hybridized carbons (Fsp3) is 0.619. The van der Waals surface area contributed by atoms with Crippen molar-refractivity contribution < 1.29 is 14.3 Å². The second kappa shape index (κ2) is 11.5. The van der Waals surface area contributed by atoms with Gasteiger partial charge in [-0.3, -0.25) is 14.7 Å². The second-order valence-corrected chi connectivity index (χ2v) is 7.20. The Kier molecular flexibility index (Phi) is 9.05. The molecule has 1 saturated heterocycles. The summed E-state index contributed by atoms with van der Waals surface area (Å²) in [7, 11) is 7.02. The zero-order chi connectivity index (χ0) is 21.2. The van der Waals surface area contributed by atoms with Gasteiger partial charge in [-0.25, -0.2) is 0 Å². The molecule has 1 amide bonds. The first-order valence-corrected chi connectivity index (χ1v) is 10.2. The number of likely N-dealkylation sites (N-methyl/N-ethyl adjacent to an activating group) is 1. The van der Waals surface area contributed by atoms with Crippen LogP contribution in [-0.4, -0.2) is 82.2 Å². The summed E-state index contributed by atoms with van der Waals surface area (Å²) >= 11 is 0. The molecule has 8 nitrogen and oxygen atoms in total. The lowest BCUT2D eigenvalue weighted by atomic mass is 10.2. The van der Waals surface area contributed by atoms with E-state index in [0.717, 1.165) is 44.6 Å². The zero-order valence-corrected chi connectivity index (χ0v) is 18.3. The molecule has 1 atom stereocenters. The Hall–Kier alpha value is -2.48. The molecule has 162 valence electrons. The molecule has 8 heteroatoms. The highest BCUT2D eigenvalue weighted by molar-refractivity contribution is 5.93. The number of carbonyl (C=O) groups is 1. The molecule has 0 radical (unpaired) electrons. The van der Waals surface area contributed by atoms with Gasteiger partial charge in [-0.05, 0) is 44.9 Å². The molecule has 0 saturated carbocycles. The summed E-state index contributed by atoms with van der Waals surface area (Å²) in [6.07, 6.45) is 2.97. The van der Waals surface area contributed by atoms with Gasteiger partial charge in [-0.2, -0.15) is 0 Å². The smallest absolute Gasteiger partial charge is 0.239 e. The van der Waals surface area contributed by atoms with Crippen LogP contribution in [0.15, 0.2) is 23.2 Å². The Balaban J connectivity index is 1.82. The predicted octanol–water partition coefficient (Wildman–Crippen LogP) is 2.02. The van der Waals surface area contributed by atoms with Gasteiger partial charge in [-0.1, -0.05) is 0 Å². The van der Waals surface area contributed by atoms with Gasteiger partial charge in [0.25, 0.3) is 0 Å². The van der Waals surface area contributed by atoms with Crippen molar-refractivity contribution in [3.8, 4) is 11.5 Å². The summed E-state index contributed by atoms with van der Waals surface area (Å²) in [5.41, 5.74) is 0.874. The molecule has 1 aromatic rings. The van der Waals surface area contributed by atoms with Gasteiger partial charge < -0.3 is 25.0 Å². The molecule has 0 aromatic heterocycles. The third-order valence-electron chi connectivity index (χ3n) is 4.95. The van der Waals surface area contributed by atoms with Crippen LogP contribution in [0.4, 0.5) is 5.69 Å².